The van der Waals surface area contributed by atoms with Crippen LogP contribution in [-0.2, 0) is 32.0 Å². The zero-order valence-electron chi connectivity index (χ0n) is 31.4. The van der Waals surface area contributed by atoms with E-state index in [2.05, 4.69) is 41.8 Å². The Bertz CT molecular complexity index is 2180. The number of guanidine groups is 2. The summed E-state index contributed by atoms with van der Waals surface area (Å²) in [5.41, 5.74) is 22.6. The third kappa shape index (κ3) is 14.0. The molecule has 1 saturated heterocycles. The summed E-state index contributed by atoms with van der Waals surface area (Å²) < 4.78 is 65.3. The highest BCUT2D eigenvalue weighted by molar-refractivity contribution is 9.10. The van der Waals surface area contributed by atoms with Gasteiger partial charge in [-0.1, -0.05) is 44.0 Å². The number of halogens is 8. The summed E-state index contributed by atoms with van der Waals surface area (Å²) in [5, 5.41) is 16.0. The zero-order valence-corrected chi connectivity index (χ0v) is 34.6. The van der Waals surface area contributed by atoms with E-state index in [0.29, 0.717) is 22.4 Å². The monoisotopic (exact) mass is 992 g/mol. The van der Waals surface area contributed by atoms with Crippen LogP contribution in [0.3, 0.4) is 0 Å². The van der Waals surface area contributed by atoms with Gasteiger partial charge in [-0.3, -0.25) is 39.3 Å². The summed E-state index contributed by atoms with van der Waals surface area (Å²) in [6.07, 6.45) is -9.74. The molecular formula is C36H36Br2F6N10O7. The second kappa shape index (κ2) is 20.9. The number of rotatable bonds is 12. The largest absolute Gasteiger partial charge is 0.490 e. The number of fused-ring (bicyclic) bond motifs is 2. The minimum absolute atomic E-state index is 0.00771. The van der Waals surface area contributed by atoms with E-state index in [1.165, 1.54) is 0 Å². The van der Waals surface area contributed by atoms with Crippen LogP contribution < -0.4 is 22.9 Å². The van der Waals surface area contributed by atoms with Crippen LogP contribution in [0, 0.1) is 5.41 Å². The summed E-state index contributed by atoms with van der Waals surface area (Å²) in [6, 6.07) is 18.0. The van der Waals surface area contributed by atoms with Crippen LogP contribution >= 0.6 is 31.9 Å². The molecule has 1 aliphatic heterocycles. The maximum Gasteiger partial charge on any atom is 0.490 e. The molecule has 0 atom stereocenters. The van der Waals surface area contributed by atoms with Crippen LogP contribution in [0.15, 0.2) is 79.6 Å². The molecule has 328 valence electrons. The number of urea groups is 1. The van der Waals surface area contributed by atoms with Crippen LogP contribution in [0.25, 0.3) is 21.8 Å². The first kappa shape index (κ1) is 49.3. The Hall–Kier alpha value is -6.11. The minimum Gasteiger partial charge on any atom is -0.475 e. The number of nitrogens with zero attached hydrogens (tertiary/aromatic N) is 6. The number of nitrogens with two attached hydrogens (primary N) is 4. The molecule has 4 amide bonds. The van der Waals surface area contributed by atoms with Gasteiger partial charge in [0.15, 0.2) is 11.9 Å². The number of amides is 4. The van der Waals surface area contributed by atoms with Crippen molar-refractivity contribution >= 4 is 95.4 Å². The number of barbiturate groups is 1. The lowest BCUT2D eigenvalue weighted by Gasteiger charge is -2.44. The van der Waals surface area contributed by atoms with Crippen molar-refractivity contribution in [3.05, 3.63) is 81.0 Å². The lowest BCUT2D eigenvalue weighted by atomic mass is 9.74. The number of carbonyl (C=O) groups is 5. The zero-order chi connectivity index (χ0) is 45.9. The summed E-state index contributed by atoms with van der Waals surface area (Å²) >= 11 is 6.97. The number of carboxylic acids is 2. The Kier molecular flexibility index (Phi) is 16.9. The summed E-state index contributed by atoms with van der Waals surface area (Å²) in [5.74, 6) is -6.98. The molecule has 3 heterocycles. The van der Waals surface area contributed by atoms with E-state index in [4.69, 9.17) is 52.7 Å². The second-order valence-electron chi connectivity index (χ2n) is 12.8. The normalized spacial score (nSPS) is 13.8. The Morgan fingerprint density at radius 2 is 0.984 bits per heavy atom. The maximum atomic E-state index is 14.6. The lowest BCUT2D eigenvalue weighted by Crippen LogP contribution is -2.67. The number of hydrogen-bond acceptors (Lipinski definition) is 9. The number of carboxylic acid groups (broad SMARTS) is 2. The van der Waals surface area contributed by atoms with E-state index in [0.717, 1.165) is 29.5 Å². The van der Waals surface area contributed by atoms with Crippen molar-refractivity contribution in [2.24, 2.45) is 38.3 Å². The number of aromatic nitrogens is 2. The molecule has 25 heteroatoms. The highest BCUT2D eigenvalue weighted by atomic mass is 79.9. The Morgan fingerprint density at radius 3 is 1.30 bits per heavy atom. The number of benzene rings is 2. The van der Waals surface area contributed by atoms with Gasteiger partial charge in [0, 0.05) is 70.1 Å². The van der Waals surface area contributed by atoms with Gasteiger partial charge >= 0.3 is 30.3 Å². The number of hydrogen-bond donors (Lipinski definition) is 6. The minimum atomic E-state index is -5.08. The van der Waals surface area contributed by atoms with E-state index in [1.807, 2.05) is 48.5 Å². The van der Waals surface area contributed by atoms with Crippen LogP contribution in [-0.4, -0.2) is 110 Å². The highest BCUT2D eigenvalue weighted by Crippen LogP contribution is 2.37. The maximum absolute atomic E-state index is 14.6. The quantitative estimate of drug-likeness (QED) is 0.0376. The molecule has 17 nitrogen and oxygen atoms in total. The summed E-state index contributed by atoms with van der Waals surface area (Å²) in [7, 11) is 0. The van der Waals surface area contributed by atoms with Crippen molar-refractivity contribution in [1.82, 2.24) is 19.8 Å². The average molecular weight is 995 g/mol. The molecule has 0 bridgehead atoms. The van der Waals surface area contributed by atoms with E-state index in [1.54, 1.807) is 12.1 Å². The van der Waals surface area contributed by atoms with Crippen molar-refractivity contribution in [1.29, 1.82) is 0 Å². The van der Waals surface area contributed by atoms with Gasteiger partial charge in [0.2, 0.25) is 11.8 Å². The first-order valence-corrected chi connectivity index (χ1v) is 18.9. The molecule has 2 aromatic heterocycles. The summed E-state index contributed by atoms with van der Waals surface area (Å²) in [6.45, 7) is 0.362. The molecule has 61 heavy (non-hydrogen) atoms. The predicted octanol–water partition coefficient (Wildman–Crippen LogP) is 4.46. The highest BCUT2D eigenvalue weighted by Gasteiger charge is 2.57. The van der Waals surface area contributed by atoms with Gasteiger partial charge in [0.1, 0.15) is 5.41 Å². The molecule has 0 saturated carbocycles. The topological polar surface area (TPSA) is 287 Å². The van der Waals surface area contributed by atoms with E-state index in [-0.39, 0.29) is 63.8 Å². The van der Waals surface area contributed by atoms with Crippen molar-refractivity contribution < 1.29 is 60.5 Å². The van der Waals surface area contributed by atoms with Gasteiger partial charge in [-0.15, -0.1) is 0 Å². The molecular weight excluding hydrogens is 958 g/mol. The molecule has 1 fully saturated rings. The number of aliphatic imine (C=N–C) groups is 2. The van der Waals surface area contributed by atoms with Crippen LogP contribution in [0.4, 0.5) is 31.1 Å². The van der Waals surface area contributed by atoms with Crippen molar-refractivity contribution in [3.63, 3.8) is 0 Å². The van der Waals surface area contributed by atoms with Crippen LogP contribution in [0.1, 0.15) is 24.2 Å². The fraction of sp³-hybridized carbons (Fsp3) is 0.306. The molecule has 0 aliphatic carbocycles. The van der Waals surface area contributed by atoms with Gasteiger partial charge < -0.3 is 33.1 Å². The fourth-order valence-corrected chi connectivity index (χ4v) is 6.41. The van der Waals surface area contributed by atoms with Gasteiger partial charge in [-0.25, -0.2) is 14.4 Å². The third-order valence-electron chi connectivity index (χ3n) is 8.31. The molecule has 2 aromatic carbocycles. The van der Waals surface area contributed by atoms with Gasteiger partial charge in [0.25, 0.3) is 0 Å². The van der Waals surface area contributed by atoms with Crippen molar-refractivity contribution in [2.45, 2.75) is 38.0 Å². The average Bonchev–Trinajstić information content (AvgIpc) is 3.16. The molecule has 1 aliphatic rings. The SMILES string of the molecule is NC(N)=NCCCN1C(=O)N(CCCN=C(N)N)C(=O)C(Cc2ccc3cc(Br)ccc3n2)(Cc2ccc3cc(Br)ccc3n2)C1=O.O=C(O)C(F)(F)F.O=C(O)C(F)(F)F. The number of aliphatic carboxylic acids is 2. The van der Waals surface area contributed by atoms with E-state index >= 15 is 0 Å². The van der Waals surface area contributed by atoms with Gasteiger partial charge in [-0.05, 0) is 61.4 Å². The first-order valence-electron chi connectivity index (χ1n) is 17.3. The Labute approximate surface area is 358 Å². The Morgan fingerprint density at radius 1 is 0.639 bits per heavy atom. The van der Waals surface area contributed by atoms with Crippen LogP contribution in [0.5, 0.6) is 0 Å². The molecule has 0 radical (unpaired) electrons. The molecule has 5 rings (SSSR count). The number of pyridine rings is 2. The Balaban J connectivity index is 0.000000609. The number of carbonyl (C=O) groups excluding carboxylic acids is 3. The van der Waals surface area contributed by atoms with Crippen molar-refractivity contribution in [2.75, 3.05) is 26.2 Å². The van der Waals surface area contributed by atoms with Crippen LogP contribution in [0.2, 0.25) is 0 Å². The lowest BCUT2D eigenvalue weighted by molar-refractivity contribution is -0.193. The molecule has 10 N–H and O–H groups in total. The molecule has 0 unspecified atom stereocenters. The number of imide groups is 2. The van der Waals surface area contributed by atoms with E-state index in [9.17, 15) is 40.7 Å². The van der Waals surface area contributed by atoms with E-state index < -0.39 is 47.6 Å². The second-order valence-corrected chi connectivity index (χ2v) is 14.7. The van der Waals surface area contributed by atoms with Gasteiger partial charge in [0.05, 0.1) is 11.0 Å². The first-order chi connectivity index (χ1) is 28.3. The molecule has 4 aromatic rings. The third-order valence-corrected chi connectivity index (χ3v) is 9.29. The number of alkyl halides is 6. The van der Waals surface area contributed by atoms with Crippen molar-refractivity contribution in [3.8, 4) is 0 Å². The predicted molar refractivity (Wildman–Crippen MR) is 216 cm³/mol. The fourth-order valence-electron chi connectivity index (χ4n) is 5.65. The summed E-state index contributed by atoms with van der Waals surface area (Å²) in [4.78, 5) is 80.7. The smallest absolute Gasteiger partial charge is 0.475 e. The molecule has 0 spiro atoms. The standard InChI is InChI=1S/C32H34Br2N10O3.2C2HF3O2/c33-21-5-9-25-19(15-21)3-7-23(41-25)17-32(18-24-8-4-20-16-22(34)6-10-26(20)42-24)27(45)43(13-1-11-39-29(35)36)31(47)44(28(32)46)14-2-12-40-30(37)38;2*3-2(4,5)1(6)7/h3-10,15-16H,1-2,11-14,17-18H2,(H4,35,36,39)(H4,37,38,40);2*(H,6,7). The van der Waals surface area contributed by atoms with Gasteiger partial charge in [-0.2, -0.15) is 26.3 Å².